The molecule has 2 heteroatoms. The van der Waals surface area contributed by atoms with E-state index in [1.807, 2.05) is 31.4 Å². The molecule has 0 aromatic carbocycles. The zero-order valence-corrected chi connectivity index (χ0v) is 6.37. The highest BCUT2D eigenvalue weighted by atomic mass is 16.5. The second-order valence-corrected chi connectivity index (χ2v) is 2.56. The summed E-state index contributed by atoms with van der Waals surface area (Å²) < 4.78 is 5.37. The van der Waals surface area contributed by atoms with E-state index in [4.69, 9.17) is 4.74 Å². The standard InChI is InChI=1S/C9H9NO/c1-10-7-11-9-6-4-2-3-5-8(9)10/h2-3,5-6H,7H2,1H3. The number of hydrogen-bond donors (Lipinski definition) is 0. The summed E-state index contributed by atoms with van der Waals surface area (Å²) in [6, 6.07) is 0. The SMILES string of the molecule is CN1COC2=C1C=CC=C=C2. The lowest BCUT2D eigenvalue weighted by Gasteiger charge is -2.08. The van der Waals surface area contributed by atoms with E-state index < -0.39 is 0 Å². The molecule has 0 amide bonds. The number of nitrogens with zero attached hydrogens (tertiary/aromatic N) is 1. The van der Waals surface area contributed by atoms with Gasteiger partial charge in [0.2, 0.25) is 0 Å². The summed E-state index contributed by atoms with van der Waals surface area (Å²) in [5, 5.41) is 0. The molecule has 0 spiro atoms. The molecule has 1 aliphatic carbocycles. The Labute approximate surface area is 65.8 Å². The predicted molar refractivity (Wildman–Crippen MR) is 42.5 cm³/mol. The minimum atomic E-state index is 0.646. The van der Waals surface area contributed by atoms with Crippen LogP contribution in [0.15, 0.2) is 41.5 Å². The van der Waals surface area contributed by atoms with Crippen LogP contribution in [0.1, 0.15) is 0 Å². The van der Waals surface area contributed by atoms with Crippen LogP contribution in [0, 0.1) is 0 Å². The van der Waals surface area contributed by atoms with Gasteiger partial charge in [0.05, 0.1) is 5.70 Å². The van der Waals surface area contributed by atoms with E-state index in [2.05, 4.69) is 10.6 Å². The van der Waals surface area contributed by atoms with Crippen LogP contribution in [0.4, 0.5) is 0 Å². The number of hydrogen-bond acceptors (Lipinski definition) is 2. The molecule has 0 saturated heterocycles. The van der Waals surface area contributed by atoms with Gasteiger partial charge in [-0.25, -0.2) is 0 Å². The Morgan fingerprint density at radius 2 is 2.55 bits per heavy atom. The second-order valence-electron chi connectivity index (χ2n) is 2.56. The number of ether oxygens (including phenoxy) is 1. The van der Waals surface area contributed by atoms with Gasteiger partial charge < -0.3 is 9.64 Å². The Bertz CT molecular complexity index is 293. The predicted octanol–water partition coefficient (Wildman–Crippen LogP) is 1.40. The Balaban J connectivity index is 2.44. The third-order valence-electron chi connectivity index (χ3n) is 1.74. The quantitative estimate of drug-likeness (QED) is 0.480. The van der Waals surface area contributed by atoms with Gasteiger partial charge in [0.25, 0.3) is 0 Å². The van der Waals surface area contributed by atoms with Crippen LogP contribution < -0.4 is 0 Å². The van der Waals surface area contributed by atoms with E-state index in [0.717, 1.165) is 11.5 Å². The fourth-order valence-corrected chi connectivity index (χ4v) is 1.14. The maximum absolute atomic E-state index is 5.37. The molecular formula is C9H9NO. The van der Waals surface area contributed by atoms with Gasteiger partial charge in [-0.15, -0.1) is 5.73 Å². The highest BCUT2D eigenvalue weighted by Gasteiger charge is 2.16. The molecule has 0 atom stereocenters. The van der Waals surface area contributed by atoms with Crippen LogP contribution in [0.2, 0.25) is 0 Å². The lowest BCUT2D eigenvalue weighted by atomic mass is 10.3. The van der Waals surface area contributed by atoms with E-state index in [0.29, 0.717) is 6.73 Å². The first kappa shape index (κ1) is 6.32. The molecule has 1 aliphatic heterocycles. The third-order valence-corrected chi connectivity index (χ3v) is 1.74. The highest BCUT2D eigenvalue weighted by molar-refractivity contribution is 5.34. The average Bonchev–Trinajstić information content (AvgIpc) is 2.25. The van der Waals surface area contributed by atoms with Crippen molar-refractivity contribution in [3.63, 3.8) is 0 Å². The summed E-state index contributed by atoms with van der Waals surface area (Å²) in [6.45, 7) is 0.646. The first-order valence-corrected chi connectivity index (χ1v) is 3.55. The van der Waals surface area contributed by atoms with E-state index in [1.165, 1.54) is 0 Å². The Kier molecular flexibility index (Phi) is 1.34. The molecule has 0 bridgehead atoms. The van der Waals surface area contributed by atoms with Gasteiger partial charge in [0.1, 0.15) is 0 Å². The molecule has 11 heavy (non-hydrogen) atoms. The van der Waals surface area contributed by atoms with Crippen LogP contribution in [0.25, 0.3) is 0 Å². The summed E-state index contributed by atoms with van der Waals surface area (Å²) in [7, 11) is 2.01. The van der Waals surface area contributed by atoms with E-state index in [1.54, 1.807) is 0 Å². The van der Waals surface area contributed by atoms with Crippen LogP contribution in [0.3, 0.4) is 0 Å². The Morgan fingerprint density at radius 3 is 3.45 bits per heavy atom. The minimum absolute atomic E-state index is 0.646. The van der Waals surface area contributed by atoms with Gasteiger partial charge in [-0.05, 0) is 12.2 Å². The minimum Gasteiger partial charge on any atom is -0.470 e. The molecule has 0 unspecified atom stereocenters. The lowest BCUT2D eigenvalue weighted by molar-refractivity contribution is 0.175. The molecule has 56 valence electrons. The molecule has 2 rings (SSSR count). The zero-order chi connectivity index (χ0) is 7.68. The molecule has 0 aromatic rings. The maximum Gasteiger partial charge on any atom is 0.161 e. The van der Waals surface area contributed by atoms with E-state index in [-0.39, 0.29) is 0 Å². The van der Waals surface area contributed by atoms with Crippen molar-refractivity contribution < 1.29 is 4.74 Å². The van der Waals surface area contributed by atoms with Crippen molar-refractivity contribution in [2.45, 2.75) is 0 Å². The first-order chi connectivity index (χ1) is 5.38. The smallest absolute Gasteiger partial charge is 0.161 e. The first-order valence-electron chi connectivity index (χ1n) is 3.55. The van der Waals surface area contributed by atoms with Gasteiger partial charge in [-0.2, -0.15) is 0 Å². The summed E-state index contributed by atoms with van der Waals surface area (Å²) >= 11 is 0. The third kappa shape index (κ3) is 0.975. The maximum atomic E-state index is 5.37. The molecular weight excluding hydrogens is 138 g/mol. The molecule has 2 nitrogen and oxygen atoms in total. The van der Waals surface area contributed by atoms with Crippen molar-refractivity contribution in [1.82, 2.24) is 4.90 Å². The molecule has 0 aromatic heterocycles. The summed E-state index contributed by atoms with van der Waals surface area (Å²) in [5.41, 5.74) is 4.12. The second kappa shape index (κ2) is 2.33. The van der Waals surface area contributed by atoms with Crippen molar-refractivity contribution >= 4 is 0 Å². The zero-order valence-electron chi connectivity index (χ0n) is 6.37. The van der Waals surface area contributed by atoms with Gasteiger partial charge in [0.15, 0.2) is 12.5 Å². The van der Waals surface area contributed by atoms with Crippen LogP contribution in [-0.4, -0.2) is 18.7 Å². The largest absolute Gasteiger partial charge is 0.470 e. The molecule has 1 heterocycles. The van der Waals surface area contributed by atoms with Crippen molar-refractivity contribution in [3.05, 3.63) is 41.5 Å². The van der Waals surface area contributed by atoms with Gasteiger partial charge in [-0.3, -0.25) is 0 Å². The average molecular weight is 147 g/mol. The monoisotopic (exact) mass is 147 g/mol. The highest BCUT2D eigenvalue weighted by Crippen LogP contribution is 2.21. The summed E-state index contributed by atoms with van der Waals surface area (Å²) in [5.74, 6) is 0.914. The molecule has 0 saturated carbocycles. The Hall–Kier alpha value is -1.40. The molecule has 2 aliphatic rings. The van der Waals surface area contributed by atoms with Crippen molar-refractivity contribution in [2.24, 2.45) is 0 Å². The fraction of sp³-hybridized carbons (Fsp3) is 0.222. The van der Waals surface area contributed by atoms with Gasteiger partial charge >= 0.3 is 0 Å². The van der Waals surface area contributed by atoms with E-state index in [9.17, 15) is 0 Å². The molecule has 0 radical (unpaired) electrons. The van der Waals surface area contributed by atoms with Crippen LogP contribution in [0.5, 0.6) is 0 Å². The molecule has 0 N–H and O–H groups in total. The van der Waals surface area contributed by atoms with Gasteiger partial charge in [-0.1, -0.05) is 6.08 Å². The topological polar surface area (TPSA) is 12.5 Å². The van der Waals surface area contributed by atoms with Crippen molar-refractivity contribution in [2.75, 3.05) is 13.8 Å². The Morgan fingerprint density at radius 1 is 1.64 bits per heavy atom. The number of likely N-dealkylation sites (N-methyl/N-ethyl adjacent to an activating group) is 1. The van der Waals surface area contributed by atoms with Crippen molar-refractivity contribution in [1.29, 1.82) is 0 Å². The lowest BCUT2D eigenvalue weighted by Crippen LogP contribution is -2.11. The normalized spacial score (nSPS) is 20.3. The summed E-state index contributed by atoms with van der Waals surface area (Å²) in [6.07, 6.45) is 7.72. The van der Waals surface area contributed by atoms with Crippen molar-refractivity contribution in [3.8, 4) is 0 Å². The molecule has 0 fully saturated rings. The fourth-order valence-electron chi connectivity index (χ4n) is 1.14. The summed E-state index contributed by atoms with van der Waals surface area (Å²) in [4.78, 5) is 2.06. The number of allylic oxidation sites excluding steroid dienone is 3. The number of rotatable bonds is 0. The van der Waals surface area contributed by atoms with Crippen LogP contribution in [-0.2, 0) is 4.74 Å². The van der Waals surface area contributed by atoms with Gasteiger partial charge in [0, 0.05) is 13.1 Å². The van der Waals surface area contributed by atoms with E-state index >= 15 is 0 Å². The van der Waals surface area contributed by atoms with Crippen LogP contribution >= 0.6 is 0 Å².